The predicted octanol–water partition coefficient (Wildman–Crippen LogP) is 3.95. The number of benzene rings is 1. The molecule has 0 saturated heterocycles. The van der Waals surface area contributed by atoms with Crippen LogP contribution in [-0.2, 0) is 6.18 Å². The molecule has 0 fully saturated rings. The third kappa shape index (κ3) is 4.48. The van der Waals surface area contributed by atoms with E-state index in [2.05, 4.69) is 25.6 Å². The zero-order valence-corrected chi connectivity index (χ0v) is 14.4. The average molecular weight is 379 g/mol. The quantitative estimate of drug-likeness (QED) is 0.635. The first kappa shape index (κ1) is 19.0. The second-order valence-electron chi connectivity index (χ2n) is 5.87. The number of likely N-dealkylation sites (N-methyl/N-ethyl adjacent to an activating group) is 1. The summed E-state index contributed by atoms with van der Waals surface area (Å²) in [6.45, 7) is 2.74. The van der Waals surface area contributed by atoms with Gasteiger partial charge in [-0.25, -0.2) is 14.4 Å². The van der Waals surface area contributed by atoms with E-state index < -0.39 is 23.6 Å². The third-order valence-corrected chi connectivity index (χ3v) is 3.95. The minimum atomic E-state index is -4.64. The fourth-order valence-electron chi connectivity index (χ4n) is 2.68. The highest BCUT2D eigenvalue weighted by Gasteiger charge is 2.32. The standard InChI is InChI=1S/C18H17F4N5/c1-2-23-9-15(11-6-12(18(20,21)22)8-13(19)7-11)27-17-16-14(25-10-26-17)4-3-5-24-16/h3-8,10,15,23H,2,9H2,1H3,(H,25,26,27)/t15-/m1/s1. The molecule has 142 valence electrons. The summed E-state index contributed by atoms with van der Waals surface area (Å²) in [6, 6.07) is 5.32. The number of hydrogen-bond donors (Lipinski definition) is 2. The lowest BCUT2D eigenvalue weighted by Crippen LogP contribution is -2.27. The van der Waals surface area contributed by atoms with Crippen molar-refractivity contribution in [2.45, 2.75) is 19.1 Å². The van der Waals surface area contributed by atoms with Crippen molar-refractivity contribution in [1.82, 2.24) is 20.3 Å². The van der Waals surface area contributed by atoms with Crippen LogP contribution in [0.1, 0.15) is 24.1 Å². The average Bonchev–Trinajstić information content (AvgIpc) is 2.64. The van der Waals surface area contributed by atoms with Crippen molar-refractivity contribution in [3.8, 4) is 0 Å². The van der Waals surface area contributed by atoms with Crippen molar-refractivity contribution in [2.24, 2.45) is 0 Å². The van der Waals surface area contributed by atoms with E-state index in [1.54, 1.807) is 18.3 Å². The molecule has 5 nitrogen and oxygen atoms in total. The lowest BCUT2D eigenvalue weighted by atomic mass is 10.0. The molecule has 1 atom stereocenters. The Morgan fingerprint density at radius 3 is 2.67 bits per heavy atom. The summed E-state index contributed by atoms with van der Waals surface area (Å²) in [4.78, 5) is 12.5. The van der Waals surface area contributed by atoms with Gasteiger partial charge in [0.15, 0.2) is 5.82 Å². The molecular weight excluding hydrogens is 362 g/mol. The van der Waals surface area contributed by atoms with Crippen LogP contribution in [0.5, 0.6) is 0 Å². The van der Waals surface area contributed by atoms with Gasteiger partial charge in [-0.05, 0) is 42.4 Å². The van der Waals surface area contributed by atoms with Crippen LogP contribution in [0.2, 0.25) is 0 Å². The van der Waals surface area contributed by atoms with Gasteiger partial charge in [0.1, 0.15) is 17.7 Å². The molecule has 0 amide bonds. The van der Waals surface area contributed by atoms with Gasteiger partial charge in [-0.3, -0.25) is 4.98 Å². The molecule has 2 aromatic heterocycles. The molecule has 9 heteroatoms. The molecule has 2 heterocycles. The second-order valence-corrected chi connectivity index (χ2v) is 5.87. The first-order valence-electron chi connectivity index (χ1n) is 8.29. The van der Waals surface area contributed by atoms with Crippen LogP contribution in [0.3, 0.4) is 0 Å². The van der Waals surface area contributed by atoms with E-state index in [1.165, 1.54) is 6.33 Å². The summed E-state index contributed by atoms with van der Waals surface area (Å²) in [5.74, 6) is -0.588. The Bertz CT molecular complexity index is 924. The smallest absolute Gasteiger partial charge is 0.360 e. The van der Waals surface area contributed by atoms with Gasteiger partial charge in [-0.1, -0.05) is 6.92 Å². The van der Waals surface area contributed by atoms with Crippen LogP contribution in [0.25, 0.3) is 11.0 Å². The van der Waals surface area contributed by atoms with E-state index in [0.29, 0.717) is 29.5 Å². The number of nitrogens with one attached hydrogen (secondary N) is 2. The number of nitrogens with zero attached hydrogens (tertiary/aromatic N) is 3. The third-order valence-electron chi connectivity index (χ3n) is 3.95. The normalized spacial score (nSPS) is 12.9. The van der Waals surface area contributed by atoms with E-state index >= 15 is 0 Å². The molecule has 0 aliphatic heterocycles. The number of anilines is 1. The van der Waals surface area contributed by atoms with Gasteiger partial charge >= 0.3 is 6.18 Å². The maximum absolute atomic E-state index is 13.8. The van der Waals surface area contributed by atoms with Crippen LogP contribution < -0.4 is 10.6 Å². The molecule has 0 aliphatic rings. The van der Waals surface area contributed by atoms with Gasteiger partial charge in [0.25, 0.3) is 0 Å². The number of aromatic nitrogens is 3. The van der Waals surface area contributed by atoms with Crippen molar-refractivity contribution in [3.63, 3.8) is 0 Å². The molecule has 0 unspecified atom stereocenters. The lowest BCUT2D eigenvalue weighted by Gasteiger charge is -2.22. The van der Waals surface area contributed by atoms with Gasteiger partial charge in [0.2, 0.25) is 0 Å². The van der Waals surface area contributed by atoms with Crippen LogP contribution in [0.4, 0.5) is 23.4 Å². The summed E-state index contributed by atoms with van der Waals surface area (Å²) < 4.78 is 53.0. The summed E-state index contributed by atoms with van der Waals surface area (Å²) in [5, 5.41) is 6.13. The fraction of sp³-hybridized carbons (Fsp3) is 0.278. The number of halogens is 4. The summed E-state index contributed by atoms with van der Waals surface area (Å²) in [5.41, 5.74) is 0.193. The Kier molecular flexibility index (Phi) is 5.50. The molecule has 3 aromatic rings. The Morgan fingerprint density at radius 1 is 1.11 bits per heavy atom. The van der Waals surface area contributed by atoms with Gasteiger partial charge in [-0.2, -0.15) is 13.2 Å². The molecule has 27 heavy (non-hydrogen) atoms. The maximum Gasteiger partial charge on any atom is 0.416 e. The van der Waals surface area contributed by atoms with Crippen molar-refractivity contribution in [3.05, 3.63) is 59.8 Å². The molecule has 2 N–H and O–H groups in total. The Morgan fingerprint density at radius 2 is 1.93 bits per heavy atom. The van der Waals surface area contributed by atoms with Crippen molar-refractivity contribution in [1.29, 1.82) is 0 Å². The lowest BCUT2D eigenvalue weighted by molar-refractivity contribution is -0.137. The van der Waals surface area contributed by atoms with Crippen LogP contribution in [0, 0.1) is 5.82 Å². The molecule has 0 bridgehead atoms. The van der Waals surface area contributed by atoms with E-state index in [0.717, 1.165) is 12.1 Å². The maximum atomic E-state index is 13.8. The van der Waals surface area contributed by atoms with Crippen molar-refractivity contribution in [2.75, 3.05) is 18.4 Å². The van der Waals surface area contributed by atoms with E-state index in [4.69, 9.17) is 0 Å². The number of fused-ring (bicyclic) bond motifs is 1. The van der Waals surface area contributed by atoms with Gasteiger partial charge in [-0.15, -0.1) is 0 Å². The highest BCUT2D eigenvalue weighted by molar-refractivity contribution is 5.84. The summed E-state index contributed by atoms with van der Waals surface area (Å²) >= 11 is 0. The van der Waals surface area contributed by atoms with Crippen molar-refractivity contribution < 1.29 is 17.6 Å². The highest BCUT2D eigenvalue weighted by Crippen LogP contribution is 2.32. The molecule has 0 saturated carbocycles. The summed E-state index contributed by atoms with van der Waals surface area (Å²) in [7, 11) is 0. The van der Waals surface area contributed by atoms with E-state index in [-0.39, 0.29) is 12.1 Å². The Hall–Kier alpha value is -2.81. The zero-order valence-electron chi connectivity index (χ0n) is 14.4. The predicted molar refractivity (Wildman–Crippen MR) is 93.6 cm³/mol. The van der Waals surface area contributed by atoms with E-state index in [9.17, 15) is 17.6 Å². The first-order chi connectivity index (χ1) is 12.9. The SMILES string of the molecule is CCNC[C@@H](Nc1ncnc2cccnc12)c1cc(F)cc(C(F)(F)F)c1. The van der Waals surface area contributed by atoms with Crippen LogP contribution in [0.15, 0.2) is 42.9 Å². The molecule has 3 rings (SSSR count). The number of hydrogen-bond acceptors (Lipinski definition) is 5. The number of pyridine rings is 1. The topological polar surface area (TPSA) is 62.7 Å². The van der Waals surface area contributed by atoms with Gasteiger partial charge in [0.05, 0.1) is 17.1 Å². The van der Waals surface area contributed by atoms with Gasteiger partial charge in [0, 0.05) is 12.7 Å². The summed E-state index contributed by atoms with van der Waals surface area (Å²) in [6.07, 6.45) is -1.73. The number of alkyl halides is 3. The van der Waals surface area contributed by atoms with Crippen LogP contribution >= 0.6 is 0 Å². The molecule has 1 aromatic carbocycles. The molecule has 0 spiro atoms. The zero-order chi connectivity index (χ0) is 19.4. The van der Waals surface area contributed by atoms with E-state index in [1.807, 2.05) is 6.92 Å². The Labute approximate surface area is 152 Å². The number of rotatable bonds is 6. The largest absolute Gasteiger partial charge is 0.416 e. The Balaban J connectivity index is 2.00. The molecule has 0 aliphatic carbocycles. The highest BCUT2D eigenvalue weighted by atomic mass is 19.4. The molecule has 0 radical (unpaired) electrons. The van der Waals surface area contributed by atoms with Gasteiger partial charge < -0.3 is 10.6 Å². The second kappa shape index (κ2) is 7.83. The minimum absolute atomic E-state index is 0.158. The van der Waals surface area contributed by atoms with Crippen molar-refractivity contribution >= 4 is 16.9 Å². The fourth-order valence-corrected chi connectivity index (χ4v) is 2.68. The monoisotopic (exact) mass is 379 g/mol. The minimum Gasteiger partial charge on any atom is -0.360 e. The van der Waals surface area contributed by atoms with Crippen LogP contribution in [-0.4, -0.2) is 28.0 Å². The molecular formula is C18H17F4N5. The first-order valence-corrected chi connectivity index (χ1v) is 8.29.